The van der Waals surface area contributed by atoms with Gasteiger partial charge in [0.1, 0.15) is 5.75 Å². The monoisotopic (exact) mass is 326 g/mol. The normalized spacial score (nSPS) is 10.8. The maximum Gasteiger partial charge on any atom is 0.243 e. The van der Waals surface area contributed by atoms with Crippen LogP contribution in [0.1, 0.15) is 39.2 Å². The molecule has 0 aromatic heterocycles. The van der Waals surface area contributed by atoms with E-state index in [0.717, 1.165) is 17.1 Å². The Bertz CT molecular complexity index is 646. The second-order valence-corrected chi connectivity index (χ2v) is 6.37. The van der Waals surface area contributed by atoms with Gasteiger partial charge in [0.25, 0.3) is 0 Å². The number of hydrogen-bond acceptors (Lipinski definition) is 3. The lowest BCUT2D eigenvalue weighted by Crippen LogP contribution is -2.21. The molecule has 0 aliphatic heterocycles. The Morgan fingerprint density at radius 2 is 1.50 bits per heavy atom. The van der Waals surface area contributed by atoms with E-state index in [4.69, 9.17) is 4.74 Å². The Hall–Kier alpha value is -2.49. The van der Waals surface area contributed by atoms with Gasteiger partial charge >= 0.3 is 0 Å². The summed E-state index contributed by atoms with van der Waals surface area (Å²) < 4.78 is 5.59. The van der Waals surface area contributed by atoms with Crippen molar-refractivity contribution < 1.29 is 9.53 Å². The van der Waals surface area contributed by atoms with Gasteiger partial charge in [-0.2, -0.15) is 0 Å². The van der Waals surface area contributed by atoms with Gasteiger partial charge in [-0.15, -0.1) is 0 Å². The van der Waals surface area contributed by atoms with E-state index < -0.39 is 0 Å². The van der Waals surface area contributed by atoms with Gasteiger partial charge in [-0.05, 0) is 61.7 Å². The number of carbonyl (C=O) groups excluding carboxylic acids is 1. The molecule has 2 aromatic carbocycles. The van der Waals surface area contributed by atoms with Crippen LogP contribution in [0.25, 0.3) is 0 Å². The molecule has 4 nitrogen and oxygen atoms in total. The lowest BCUT2D eigenvalue weighted by atomic mass is 10.0. The number of benzene rings is 2. The molecule has 4 heteroatoms. The number of rotatable bonds is 7. The van der Waals surface area contributed by atoms with E-state index in [9.17, 15) is 4.79 Å². The summed E-state index contributed by atoms with van der Waals surface area (Å²) in [6.45, 7) is 8.49. The highest BCUT2D eigenvalue weighted by molar-refractivity contribution is 5.93. The van der Waals surface area contributed by atoms with Crippen LogP contribution in [0.4, 0.5) is 11.4 Å². The summed E-state index contributed by atoms with van der Waals surface area (Å²) in [4.78, 5) is 12.0. The average molecular weight is 326 g/mol. The minimum atomic E-state index is -0.0743. The van der Waals surface area contributed by atoms with Gasteiger partial charge in [0.2, 0.25) is 5.91 Å². The van der Waals surface area contributed by atoms with Crippen LogP contribution in [0.3, 0.4) is 0 Å². The molecule has 0 saturated carbocycles. The summed E-state index contributed by atoms with van der Waals surface area (Å²) in [5, 5.41) is 6.00. The van der Waals surface area contributed by atoms with Crippen LogP contribution in [0.15, 0.2) is 48.5 Å². The molecule has 128 valence electrons. The van der Waals surface area contributed by atoms with Crippen molar-refractivity contribution >= 4 is 17.3 Å². The van der Waals surface area contributed by atoms with Crippen LogP contribution in [0.2, 0.25) is 0 Å². The van der Waals surface area contributed by atoms with Crippen molar-refractivity contribution in [3.05, 3.63) is 54.1 Å². The standard InChI is InChI=1S/C20H26N2O2/c1-14(2)16-5-7-18(8-6-16)22-20(23)13-21-17-9-11-19(12-10-17)24-15(3)4/h5-12,14-15,21H,13H2,1-4H3,(H,22,23). The predicted molar refractivity (Wildman–Crippen MR) is 99.9 cm³/mol. The Balaban J connectivity index is 1.82. The maximum atomic E-state index is 12.0. The Labute approximate surface area is 144 Å². The van der Waals surface area contributed by atoms with Crippen LogP contribution >= 0.6 is 0 Å². The van der Waals surface area contributed by atoms with Gasteiger partial charge in [0.15, 0.2) is 0 Å². The molecule has 0 saturated heterocycles. The van der Waals surface area contributed by atoms with Crippen molar-refractivity contribution in [3.63, 3.8) is 0 Å². The molecule has 1 amide bonds. The van der Waals surface area contributed by atoms with Crippen molar-refractivity contribution in [1.82, 2.24) is 0 Å². The van der Waals surface area contributed by atoms with Gasteiger partial charge in [0.05, 0.1) is 12.6 Å². The lowest BCUT2D eigenvalue weighted by molar-refractivity contribution is -0.114. The molecule has 0 aliphatic carbocycles. The minimum absolute atomic E-state index is 0.0743. The van der Waals surface area contributed by atoms with E-state index >= 15 is 0 Å². The summed E-state index contributed by atoms with van der Waals surface area (Å²) in [5.74, 6) is 1.24. The smallest absolute Gasteiger partial charge is 0.243 e. The molecule has 24 heavy (non-hydrogen) atoms. The van der Waals surface area contributed by atoms with Gasteiger partial charge in [-0.1, -0.05) is 26.0 Å². The molecule has 0 unspecified atom stereocenters. The third-order valence-electron chi connectivity index (χ3n) is 3.54. The second kappa shape index (κ2) is 8.39. The zero-order chi connectivity index (χ0) is 17.5. The maximum absolute atomic E-state index is 12.0. The largest absolute Gasteiger partial charge is 0.491 e. The molecule has 2 rings (SSSR count). The summed E-state index contributed by atoms with van der Waals surface area (Å²) in [7, 11) is 0. The van der Waals surface area contributed by atoms with E-state index in [-0.39, 0.29) is 18.6 Å². The summed E-state index contributed by atoms with van der Waals surface area (Å²) in [5.41, 5.74) is 2.96. The second-order valence-electron chi connectivity index (χ2n) is 6.37. The molecular weight excluding hydrogens is 300 g/mol. The fourth-order valence-electron chi connectivity index (χ4n) is 2.26. The highest BCUT2D eigenvalue weighted by atomic mass is 16.5. The fourth-order valence-corrected chi connectivity index (χ4v) is 2.26. The van der Waals surface area contributed by atoms with Crippen LogP contribution in [-0.2, 0) is 4.79 Å². The van der Waals surface area contributed by atoms with E-state index in [0.29, 0.717) is 5.92 Å². The number of carbonyl (C=O) groups is 1. The fraction of sp³-hybridized carbons (Fsp3) is 0.350. The van der Waals surface area contributed by atoms with E-state index in [2.05, 4.69) is 24.5 Å². The first kappa shape index (κ1) is 17.9. The van der Waals surface area contributed by atoms with Crippen molar-refractivity contribution in [2.24, 2.45) is 0 Å². The molecule has 0 radical (unpaired) electrons. The topological polar surface area (TPSA) is 50.4 Å². The van der Waals surface area contributed by atoms with Crippen LogP contribution in [0, 0.1) is 0 Å². The van der Waals surface area contributed by atoms with E-state index in [1.807, 2.05) is 62.4 Å². The van der Waals surface area contributed by atoms with Crippen molar-refractivity contribution in [1.29, 1.82) is 0 Å². The number of anilines is 2. The molecule has 0 spiro atoms. The lowest BCUT2D eigenvalue weighted by Gasteiger charge is -2.11. The van der Waals surface area contributed by atoms with Crippen molar-refractivity contribution in [2.45, 2.75) is 39.7 Å². The number of ether oxygens (including phenoxy) is 1. The molecular formula is C20H26N2O2. The number of hydrogen-bond donors (Lipinski definition) is 2. The first-order valence-electron chi connectivity index (χ1n) is 8.34. The molecule has 0 fully saturated rings. The Morgan fingerprint density at radius 1 is 0.917 bits per heavy atom. The van der Waals surface area contributed by atoms with Crippen LogP contribution in [-0.4, -0.2) is 18.6 Å². The van der Waals surface area contributed by atoms with E-state index in [1.165, 1.54) is 5.56 Å². The van der Waals surface area contributed by atoms with Gasteiger partial charge in [-0.3, -0.25) is 4.79 Å². The molecule has 0 bridgehead atoms. The Kier molecular flexibility index (Phi) is 6.24. The molecule has 2 aromatic rings. The third-order valence-corrected chi connectivity index (χ3v) is 3.54. The molecule has 0 atom stereocenters. The zero-order valence-corrected chi connectivity index (χ0v) is 14.8. The predicted octanol–water partition coefficient (Wildman–Crippen LogP) is 4.65. The summed E-state index contributed by atoms with van der Waals surface area (Å²) >= 11 is 0. The summed E-state index contributed by atoms with van der Waals surface area (Å²) in [6.07, 6.45) is 0.150. The minimum Gasteiger partial charge on any atom is -0.491 e. The van der Waals surface area contributed by atoms with Crippen LogP contribution < -0.4 is 15.4 Å². The van der Waals surface area contributed by atoms with E-state index in [1.54, 1.807) is 0 Å². The number of amides is 1. The van der Waals surface area contributed by atoms with Crippen LogP contribution in [0.5, 0.6) is 5.75 Å². The van der Waals surface area contributed by atoms with Crippen molar-refractivity contribution in [2.75, 3.05) is 17.2 Å². The number of nitrogens with one attached hydrogen (secondary N) is 2. The molecule has 0 aliphatic rings. The average Bonchev–Trinajstić information content (AvgIpc) is 2.54. The highest BCUT2D eigenvalue weighted by Gasteiger charge is 2.04. The molecule has 2 N–H and O–H groups in total. The first-order valence-corrected chi connectivity index (χ1v) is 8.34. The first-order chi connectivity index (χ1) is 11.4. The SMILES string of the molecule is CC(C)Oc1ccc(NCC(=O)Nc2ccc(C(C)C)cc2)cc1. The summed E-state index contributed by atoms with van der Waals surface area (Å²) in [6, 6.07) is 15.6. The Morgan fingerprint density at radius 3 is 2.04 bits per heavy atom. The third kappa shape index (κ3) is 5.61. The molecule has 0 heterocycles. The van der Waals surface area contributed by atoms with Gasteiger partial charge in [0, 0.05) is 11.4 Å². The van der Waals surface area contributed by atoms with Gasteiger partial charge in [-0.25, -0.2) is 0 Å². The quantitative estimate of drug-likeness (QED) is 0.779. The zero-order valence-electron chi connectivity index (χ0n) is 14.8. The highest BCUT2D eigenvalue weighted by Crippen LogP contribution is 2.18. The van der Waals surface area contributed by atoms with Crippen molar-refractivity contribution in [3.8, 4) is 5.75 Å². The van der Waals surface area contributed by atoms with Gasteiger partial charge < -0.3 is 15.4 Å².